The first-order chi connectivity index (χ1) is 15.3. The third-order valence-corrected chi connectivity index (χ3v) is 6.11. The number of likely N-dealkylation sites (tertiary alicyclic amines) is 1. The number of nitrogens with zero attached hydrogens (tertiary/aromatic N) is 3. The van der Waals surface area contributed by atoms with E-state index in [1.165, 1.54) is 18.5 Å². The lowest BCUT2D eigenvalue weighted by molar-refractivity contribution is -0.140. The maximum absolute atomic E-state index is 13.8. The van der Waals surface area contributed by atoms with Gasteiger partial charge in [0.05, 0.1) is 23.6 Å². The zero-order valence-corrected chi connectivity index (χ0v) is 17.1. The molecule has 2 aliphatic rings. The van der Waals surface area contributed by atoms with Gasteiger partial charge in [0.15, 0.2) is 0 Å². The van der Waals surface area contributed by atoms with E-state index in [0.29, 0.717) is 24.5 Å². The lowest BCUT2D eigenvalue weighted by atomic mass is 9.95. The molecule has 1 fully saturated rings. The molecule has 3 atom stereocenters. The van der Waals surface area contributed by atoms with Crippen molar-refractivity contribution in [2.45, 2.75) is 30.8 Å². The first-order valence-electron chi connectivity index (χ1n) is 10.2. The molecule has 11 heteroatoms. The van der Waals surface area contributed by atoms with Gasteiger partial charge in [-0.3, -0.25) is 4.90 Å². The van der Waals surface area contributed by atoms with E-state index >= 15 is 0 Å². The molecule has 0 spiro atoms. The number of benzene rings is 1. The Bertz CT molecular complexity index is 1140. The molecular formula is C21H21F4N5O2. The Balaban J connectivity index is 1.54. The second-order valence-electron chi connectivity index (χ2n) is 7.99. The molecule has 0 amide bonds. The number of fused-ring (bicyclic) bond motifs is 2. The molecule has 2 aromatic heterocycles. The van der Waals surface area contributed by atoms with Crippen molar-refractivity contribution < 1.29 is 27.0 Å². The normalized spacial score (nSPS) is 23.8. The van der Waals surface area contributed by atoms with Gasteiger partial charge in [-0.05, 0) is 18.6 Å². The van der Waals surface area contributed by atoms with E-state index in [1.54, 1.807) is 13.2 Å². The summed E-state index contributed by atoms with van der Waals surface area (Å²) in [6.07, 6.45) is -2.37. The standard InChI is InChI=1S/C21H21F4N5O2/c1-31-12-4-5-30(8-12)15-9-32-16-6-11(22)2-3-13(16)18(15)29-20-14-7-17(21(23,24)25)28-19(14)26-10-27-20/h2-3,6-7,10,12,15,18H,4-5,8-9H2,1H3,(H2,26,27,28,29)/t12-,15+,18+/m1/s1. The largest absolute Gasteiger partial charge is 0.491 e. The number of methoxy groups -OCH3 is 1. The van der Waals surface area contributed by atoms with Crippen molar-refractivity contribution in [3.05, 3.63) is 47.7 Å². The Morgan fingerprint density at radius 3 is 2.84 bits per heavy atom. The van der Waals surface area contributed by atoms with Gasteiger partial charge in [-0.2, -0.15) is 13.2 Å². The highest BCUT2D eigenvalue weighted by Gasteiger charge is 2.39. The molecule has 4 heterocycles. The SMILES string of the molecule is CO[C@@H]1CCN([C@H]2COc3cc(F)ccc3[C@@H]2Nc2ncnc3[nH]c(C(F)(F)F)cc23)C1. The third-order valence-electron chi connectivity index (χ3n) is 6.11. The van der Waals surface area contributed by atoms with Crippen molar-refractivity contribution in [3.63, 3.8) is 0 Å². The Morgan fingerprint density at radius 2 is 2.09 bits per heavy atom. The van der Waals surface area contributed by atoms with Crippen molar-refractivity contribution in [2.75, 3.05) is 32.1 Å². The van der Waals surface area contributed by atoms with Gasteiger partial charge in [0.25, 0.3) is 0 Å². The summed E-state index contributed by atoms with van der Waals surface area (Å²) in [5.74, 6) is 0.236. The maximum atomic E-state index is 13.8. The number of alkyl halides is 3. The fourth-order valence-corrected chi connectivity index (χ4v) is 4.46. The first kappa shape index (κ1) is 21.0. The van der Waals surface area contributed by atoms with Gasteiger partial charge in [0, 0.05) is 31.8 Å². The van der Waals surface area contributed by atoms with Gasteiger partial charge in [-0.25, -0.2) is 14.4 Å². The topological polar surface area (TPSA) is 75.3 Å². The zero-order chi connectivity index (χ0) is 22.5. The molecule has 3 aromatic rings. The number of anilines is 1. The fraction of sp³-hybridized carbons (Fsp3) is 0.429. The predicted molar refractivity (Wildman–Crippen MR) is 108 cm³/mol. The Morgan fingerprint density at radius 1 is 1.25 bits per heavy atom. The Hall–Kier alpha value is -2.92. The molecular weight excluding hydrogens is 430 g/mol. The van der Waals surface area contributed by atoms with Crippen LogP contribution in [0, 0.1) is 5.82 Å². The minimum absolute atomic E-state index is 0.0818. The van der Waals surface area contributed by atoms with E-state index < -0.39 is 23.7 Å². The number of ether oxygens (including phenoxy) is 2. The zero-order valence-electron chi connectivity index (χ0n) is 17.1. The van der Waals surface area contributed by atoms with Gasteiger partial charge in [0.1, 0.15) is 41.7 Å². The number of nitrogens with one attached hydrogen (secondary N) is 2. The average molecular weight is 451 g/mol. The summed E-state index contributed by atoms with van der Waals surface area (Å²) in [5, 5.41) is 3.53. The summed E-state index contributed by atoms with van der Waals surface area (Å²) in [5.41, 5.74) is -0.107. The van der Waals surface area contributed by atoms with Crippen molar-refractivity contribution in [2.24, 2.45) is 0 Å². The number of halogens is 4. The van der Waals surface area contributed by atoms with E-state index in [1.807, 2.05) is 0 Å². The van der Waals surface area contributed by atoms with Gasteiger partial charge in [0.2, 0.25) is 0 Å². The van der Waals surface area contributed by atoms with Gasteiger partial charge < -0.3 is 19.8 Å². The lowest BCUT2D eigenvalue weighted by Crippen LogP contribution is -2.47. The molecule has 2 aliphatic heterocycles. The van der Waals surface area contributed by atoms with E-state index in [9.17, 15) is 17.6 Å². The molecule has 32 heavy (non-hydrogen) atoms. The minimum atomic E-state index is -4.53. The van der Waals surface area contributed by atoms with Crippen LogP contribution in [0.4, 0.5) is 23.4 Å². The molecule has 170 valence electrons. The number of hydrogen-bond donors (Lipinski definition) is 2. The van der Waals surface area contributed by atoms with Crippen LogP contribution >= 0.6 is 0 Å². The molecule has 2 N–H and O–H groups in total. The van der Waals surface area contributed by atoms with E-state index in [2.05, 4.69) is 25.2 Å². The van der Waals surface area contributed by atoms with Crippen molar-refractivity contribution in [3.8, 4) is 5.75 Å². The molecule has 1 saturated heterocycles. The molecule has 0 saturated carbocycles. The summed E-state index contributed by atoms with van der Waals surface area (Å²) < 4.78 is 64.8. The lowest BCUT2D eigenvalue weighted by Gasteiger charge is -2.39. The number of hydrogen-bond acceptors (Lipinski definition) is 6. The quantitative estimate of drug-likeness (QED) is 0.589. The highest BCUT2D eigenvalue weighted by molar-refractivity contribution is 5.88. The minimum Gasteiger partial charge on any atom is -0.491 e. The van der Waals surface area contributed by atoms with Crippen LogP contribution in [0.2, 0.25) is 0 Å². The molecule has 0 unspecified atom stereocenters. The van der Waals surface area contributed by atoms with Crippen molar-refractivity contribution in [1.82, 2.24) is 19.9 Å². The highest BCUT2D eigenvalue weighted by atomic mass is 19.4. The van der Waals surface area contributed by atoms with Crippen LogP contribution < -0.4 is 10.1 Å². The summed E-state index contributed by atoms with van der Waals surface area (Å²) in [4.78, 5) is 12.7. The van der Waals surface area contributed by atoms with Crippen LogP contribution in [0.5, 0.6) is 5.75 Å². The number of H-pyrrole nitrogens is 1. The van der Waals surface area contributed by atoms with Crippen LogP contribution in [0.3, 0.4) is 0 Å². The molecule has 0 bridgehead atoms. The third kappa shape index (κ3) is 3.75. The first-order valence-corrected chi connectivity index (χ1v) is 10.2. The van der Waals surface area contributed by atoms with Gasteiger partial charge >= 0.3 is 6.18 Å². The summed E-state index contributed by atoms with van der Waals surface area (Å²) in [7, 11) is 1.67. The van der Waals surface area contributed by atoms with Crippen molar-refractivity contribution >= 4 is 16.9 Å². The average Bonchev–Trinajstić information content (AvgIpc) is 3.41. The summed E-state index contributed by atoms with van der Waals surface area (Å²) in [6.45, 7) is 1.77. The fourth-order valence-electron chi connectivity index (χ4n) is 4.46. The number of aromatic amines is 1. The monoisotopic (exact) mass is 451 g/mol. The Labute approximate surface area is 180 Å². The van der Waals surface area contributed by atoms with Crippen LogP contribution in [-0.4, -0.2) is 58.8 Å². The van der Waals surface area contributed by atoms with E-state index in [0.717, 1.165) is 19.0 Å². The maximum Gasteiger partial charge on any atom is 0.431 e. The summed E-state index contributed by atoms with van der Waals surface area (Å²) >= 11 is 0. The predicted octanol–water partition coefficient (Wildman–Crippen LogP) is 3.75. The van der Waals surface area contributed by atoms with Gasteiger partial charge in [-0.1, -0.05) is 6.07 Å². The van der Waals surface area contributed by atoms with Gasteiger partial charge in [-0.15, -0.1) is 0 Å². The highest BCUT2D eigenvalue weighted by Crippen LogP contribution is 2.39. The van der Waals surface area contributed by atoms with E-state index in [-0.39, 0.29) is 29.0 Å². The van der Waals surface area contributed by atoms with Crippen LogP contribution in [0.15, 0.2) is 30.6 Å². The smallest absolute Gasteiger partial charge is 0.431 e. The molecule has 0 radical (unpaired) electrons. The summed E-state index contributed by atoms with van der Waals surface area (Å²) in [6, 6.07) is 4.74. The molecule has 7 nitrogen and oxygen atoms in total. The second kappa shape index (κ2) is 7.89. The van der Waals surface area contributed by atoms with Crippen molar-refractivity contribution in [1.29, 1.82) is 0 Å². The number of rotatable bonds is 4. The molecule has 5 rings (SSSR count). The van der Waals surface area contributed by atoms with Crippen LogP contribution in [0.25, 0.3) is 11.0 Å². The molecule has 0 aliphatic carbocycles. The van der Waals surface area contributed by atoms with Crippen LogP contribution in [0.1, 0.15) is 23.7 Å². The second-order valence-corrected chi connectivity index (χ2v) is 7.99. The number of aromatic nitrogens is 3. The van der Waals surface area contributed by atoms with Crippen LogP contribution in [-0.2, 0) is 10.9 Å². The van der Waals surface area contributed by atoms with E-state index in [4.69, 9.17) is 9.47 Å². The molecule has 1 aromatic carbocycles. The Kier molecular flexibility index (Phi) is 5.17.